The molecule has 1 aliphatic rings. The molecular formula is C12H27N3O2S. The van der Waals surface area contributed by atoms with Crippen LogP contribution in [0.15, 0.2) is 0 Å². The predicted molar refractivity (Wildman–Crippen MR) is 74.4 cm³/mol. The number of nitrogens with one attached hydrogen (secondary N) is 2. The van der Waals surface area contributed by atoms with Gasteiger partial charge in [0.05, 0.1) is 0 Å². The average Bonchev–Trinajstić information content (AvgIpc) is 2.17. The monoisotopic (exact) mass is 277 g/mol. The van der Waals surface area contributed by atoms with Gasteiger partial charge in [-0.3, -0.25) is 0 Å². The Labute approximate surface area is 111 Å². The molecule has 18 heavy (non-hydrogen) atoms. The average molecular weight is 277 g/mol. The van der Waals surface area contributed by atoms with Crippen LogP contribution in [0.3, 0.4) is 0 Å². The molecule has 0 radical (unpaired) electrons. The zero-order valence-corrected chi connectivity index (χ0v) is 12.7. The van der Waals surface area contributed by atoms with E-state index in [1.54, 1.807) is 0 Å². The lowest BCUT2D eigenvalue weighted by Crippen LogP contribution is -2.62. The van der Waals surface area contributed by atoms with E-state index in [0.29, 0.717) is 6.54 Å². The molecule has 5 nitrogen and oxygen atoms in total. The summed E-state index contributed by atoms with van der Waals surface area (Å²) in [5.74, 6) is 0.271. The van der Waals surface area contributed by atoms with Crippen molar-refractivity contribution in [2.24, 2.45) is 11.7 Å². The number of rotatable bonds is 4. The molecule has 0 amide bonds. The van der Waals surface area contributed by atoms with Crippen molar-refractivity contribution in [1.29, 1.82) is 0 Å². The third-order valence-electron chi connectivity index (χ3n) is 3.60. The summed E-state index contributed by atoms with van der Waals surface area (Å²) in [4.78, 5) is 0. The maximum atomic E-state index is 12.1. The second kappa shape index (κ2) is 5.45. The maximum absolute atomic E-state index is 12.1. The molecular weight excluding hydrogens is 250 g/mol. The Kier molecular flexibility index (Phi) is 4.81. The molecule has 2 atom stereocenters. The molecule has 6 heteroatoms. The number of hydrogen-bond acceptors (Lipinski definition) is 3. The van der Waals surface area contributed by atoms with Crippen molar-refractivity contribution in [2.45, 2.75) is 64.5 Å². The summed E-state index contributed by atoms with van der Waals surface area (Å²) in [6.45, 7) is 7.90. The summed E-state index contributed by atoms with van der Waals surface area (Å²) in [7, 11) is -3.52. The third kappa shape index (κ3) is 4.19. The van der Waals surface area contributed by atoms with E-state index >= 15 is 0 Å². The van der Waals surface area contributed by atoms with Crippen molar-refractivity contribution in [1.82, 2.24) is 9.44 Å². The van der Waals surface area contributed by atoms with E-state index in [0.717, 1.165) is 25.7 Å². The second-order valence-electron chi connectivity index (χ2n) is 6.46. The molecule has 1 fully saturated rings. The molecule has 0 aromatic carbocycles. The summed E-state index contributed by atoms with van der Waals surface area (Å²) in [5.41, 5.74) is 4.87. The zero-order chi connectivity index (χ0) is 14.0. The van der Waals surface area contributed by atoms with Gasteiger partial charge in [0.25, 0.3) is 10.2 Å². The molecule has 1 rings (SSSR count). The molecule has 0 aromatic rings. The summed E-state index contributed by atoms with van der Waals surface area (Å²) < 4.78 is 29.7. The minimum atomic E-state index is -3.52. The van der Waals surface area contributed by atoms with Crippen LogP contribution >= 0.6 is 0 Å². The van der Waals surface area contributed by atoms with Gasteiger partial charge in [-0.15, -0.1) is 0 Å². The zero-order valence-electron chi connectivity index (χ0n) is 11.9. The second-order valence-corrected chi connectivity index (χ2v) is 7.88. The fraction of sp³-hybridized carbons (Fsp3) is 1.00. The van der Waals surface area contributed by atoms with Crippen LogP contribution in [0.4, 0.5) is 0 Å². The van der Waals surface area contributed by atoms with E-state index in [-0.39, 0.29) is 5.92 Å². The van der Waals surface area contributed by atoms with Crippen molar-refractivity contribution in [2.75, 3.05) is 6.54 Å². The summed E-state index contributed by atoms with van der Waals surface area (Å²) in [5, 5.41) is 0. The van der Waals surface area contributed by atoms with Crippen LogP contribution in [-0.4, -0.2) is 26.0 Å². The SMILES string of the molecule is CC1CCCCC1(CN)NS(=O)(=O)NC(C)(C)C. The highest BCUT2D eigenvalue weighted by molar-refractivity contribution is 7.87. The van der Waals surface area contributed by atoms with Crippen LogP contribution < -0.4 is 15.2 Å². The lowest BCUT2D eigenvalue weighted by atomic mass is 9.74. The maximum Gasteiger partial charge on any atom is 0.277 e. The van der Waals surface area contributed by atoms with Gasteiger partial charge in [-0.05, 0) is 39.5 Å². The molecule has 0 bridgehead atoms. The van der Waals surface area contributed by atoms with Crippen molar-refractivity contribution >= 4 is 10.2 Å². The quantitative estimate of drug-likeness (QED) is 0.720. The Hall–Kier alpha value is -0.170. The van der Waals surface area contributed by atoms with E-state index in [1.807, 2.05) is 20.8 Å². The molecule has 0 saturated heterocycles. The van der Waals surface area contributed by atoms with Crippen LogP contribution in [0.25, 0.3) is 0 Å². The molecule has 0 aliphatic heterocycles. The molecule has 1 aliphatic carbocycles. The number of hydrogen-bond donors (Lipinski definition) is 3. The highest BCUT2D eigenvalue weighted by Crippen LogP contribution is 2.33. The standard InChI is InChI=1S/C12H27N3O2S/c1-10-7-5-6-8-12(10,9-13)15-18(16,17)14-11(2,3)4/h10,14-15H,5-9,13H2,1-4H3. The first-order chi connectivity index (χ1) is 8.10. The van der Waals surface area contributed by atoms with Crippen molar-refractivity contribution in [3.63, 3.8) is 0 Å². The van der Waals surface area contributed by atoms with Gasteiger partial charge >= 0.3 is 0 Å². The highest BCUT2D eigenvalue weighted by Gasteiger charge is 2.40. The van der Waals surface area contributed by atoms with Gasteiger partial charge in [-0.25, -0.2) is 0 Å². The minimum Gasteiger partial charge on any atom is -0.329 e. The molecule has 4 N–H and O–H groups in total. The Bertz CT molecular complexity index is 375. The minimum absolute atomic E-state index is 0.271. The van der Waals surface area contributed by atoms with Crippen molar-refractivity contribution in [3.8, 4) is 0 Å². The fourth-order valence-electron chi connectivity index (χ4n) is 2.61. The summed E-state index contributed by atoms with van der Waals surface area (Å²) in [6.07, 6.45) is 4.02. The number of nitrogens with two attached hydrogens (primary N) is 1. The topological polar surface area (TPSA) is 84.2 Å². The normalized spacial score (nSPS) is 30.4. The first-order valence-electron chi connectivity index (χ1n) is 6.63. The Morgan fingerprint density at radius 3 is 2.39 bits per heavy atom. The van der Waals surface area contributed by atoms with Crippen LogP contribution in [0.5, 0.6) is 0 Å². The first-order valence-corrected chi connectivity index (χ1v) is 8.11. The lowest BCUT2D eigenvalue weighted by Gasteiger charge is -2.42. The van der Waals surface area contributed by atoms with Crippen LogP contribution in [0.1, 0.15) is 53.4 Å². The largest absolute Gasteiger partial charge is 0.329 e. The molecule has 2 unspecified atom stereocenters. The van der Waals surface area contributed by atoms with Gasteiger partial charge in [0, 0.05) is 17.6 Å². The predicted octanol–water partition coefficient (Wildman–Crippen LogP) is 1.12. The van der Waals surface area contributed by atoms with Gasteiger partial charge in [-0.1, -0.05) is 19.8 Å². The summed E-state index contributed by atoms with van der Waals surface area (Å²) in [6, 6.07) is 0. The van der Waals surface area contributed by atoms with E-state index in [1.165, 1.54) is 0 Å². The lowest BCUT2D eigenvalue weighted by molar-refractivity contribution is 0.190. The molecule has 0 aromatic heterocycles. The molecule has 1 saturated carbocycles. The van der Waals surface area contributed by atoms with E-state index < -0.39 is 21.3 Å². The van der Waals surface area contributed by atoms with E-state index in [2.05, 4.69) is 16.4 Å². The first kappa shape index (κ1) is 15.9. The van der Waals surface area contributed by atoms with Crippen LogP contribution in [-0.2, 0) is 10.2 Å². The van der Waals surface area contributed by atoms with Gasteiger partial charge in [0.2, 0.25) is 0 Å². The Morgan fingerprint density at radius 2 is 1.94 bits per heavy atom. The van der Waals surface area contributed by atoms with Gasteiger partial charge < -0.3 is 5.73 Å². The van der Waals surface area contributed by atoms with Gasteiger partial charge in [0.15, 0.2) is 0 Å². The molecule has 0 heterocycles. The van der Waals surface area contributed by atoms with E-state index in [4.69, 9.17) is 5.73 Å². The van der Waals surface area contributed by atoms with E-state index in [9.17, 15) is 8.42 Å². The highest BCUT2D eigenvalue weighted by atomic mass is 32.2. The fourth-order valence-corrected chi connectivity index (χ4v) is 4.39. The summed E-state index contributed by atoms with van der Waals surface area (Å²) >= 11 is 0. The molecule has 108 valence electrons. The Morgan fingerprint density at radius 1 is 1.33 bits per heavy atom. The van der Waals surface area contributed by atoms with Crippen LogP contribution in [0, 0.1) is 5.92 Å². The van der Waals surface area contributed by atoms with Crippen molar-refractivity contribution in [3.05, 3.63) is 0 Å². The van der Waals surface area contributed by atoms with Crippen molar-refractivity contribution < 1.29 is 8.42 Å². The van der Waals surface area contributed by atoms with Gasteiger partial charge in [0.1, 0.15) is 0 Å². The third-order valence-corrected chi connectivity index (χ3v) is 5.15. The van der Waals surface area contributed by atoms with Gasteiger partial charge in [-0.2, -0.15) is 17.9 Å². The van der Waals surface area contributed by atoms with Crippen LogP contribution in [0.2, 0.25) is 0 Å². The molecule has 0 spiro atoms. The smallest absolute Gasteiger partial charge is 0.277 e. The Balaban J connectivity index is 2.85.